The molecule has 2 aromatic heterocycles. The van der Waals surface area contributed by atoms with E-state index in [1.165, 1.54) is 129 Å². The molecule has 45 nitrogen and oxygen atoms in total. The van der Waals surface area contributed by atoms with Gasteiger partial charge in [-0.15, -0.1) is 11.8 Å². The Kier molecular flexibility index (Phi) is 42.5. The van der Waals surface area contributed by atoms with Crippen molar-refractivity contribution in [2.45, 2.75) is 210 Å². The van der Waals surface area contributed by atoms with E-state index in [1.807, 2.05) is 0 Å². The number of nitrogens with zero attached hydrogens (tertiary/aromatic N) is 2. The van der Waals surface area contributed by atoms with Crippen LogP contribution in [-0.2, 0) is 120 Å². The van der Waals surface area contributed by atoms with E-state index in [2.05, 4.69) is 105 Å². The zero-order valence-electron chi connectivity index (χ0n) is 75.6. The minimum atomic E-state index is -1.74. The van der Waals surface area contributed by atoms with Crippen LogP contribution in [0.15, 0.2) is 122 Å². The summed E-state index contributed by atoms with van der Waals surface area (Å²) >= 11 is 0.727. The number of benzene rings is 4. The summed E-state index contributed by atoms with van der Waals surface area (Å²) in [5.41, 5.74) is 12.7. The lowest BCUT2D eigenvalue weighted by atomic mass is 9.95. The van der Waals surface area contributed by atoms with Gasteiger partial charge in [0.15, 0.2) is 5.96 Å². The molecule has 0 radical (unpaired) electrons. The van der Waals surface area contributed by atoms with Crippen molar-refractivity contribution in [3.05, 3.63) is 156 Å². The Bertz CT molecular complexity index is 5050. The summed E-state index contributed by atoms with van der Waals surface area (Å²) in [5, 5.41) is 100. The number of carboxylic acids is 1. The lowest BCUT2D eigenvalue weighted by Gasteiger charge is -2.30. The van der Waals surface area contributed by atoms with Crippen molar-refractivity contribution in [2.24, 2.45) is 29.2 Å². The number of H-pyrrole nitrogens is 2. The number of hydrogen-bond acceptors (Lipinski definition) is 25. The number of carbonyl (C=O) groups is 17. The van der Waals surface area contributed by atoms with E-state index in [9.17, 15) is 73.5 Å². The van der Waals surface area contributed by atoms with Gasteiger partial charge in [-0.05, 0) is 128 Å². The first-order valence-corrected chi connectivity index (χ1v) is 45.0. The standard InChI is InChI=1S/C89H121N23O22S/c1-8-48(6)75-88(134)111-63(31-47(4)5)82(128)106-65(33-51-13-21-57(114)22-14-51)81(127)100-49(7)76(122)103-61(27-28-74(120)121)79(125)105-62(30-46(2)3)77(123)97-41-72(118)102-70(78(124)96-40-71(90)117)42-135-43-73(119)101-64(32-50-11-19-56(113)20-12-50)83(129)109-69(37-55-39-94-45-99-55)87(133)110-68(36-54-38-93-44-98-54)86(132)108-67(35-53-17-25-59(116)26-18-53)85(131)107-66(34-52-15-23-58(115)24-16-52)84(130)104-60(80(126)112-75)10-9-29-95-89(91)92/h11-26,38-39,44-49,60-70,75,113-116H,8-10,27-37,40-43H2,1-7H3,(H2,90,117)(H,93,98)(H,94,99)(H,96,124)(H,97,123)(H,100,127)(H,101,119)(H,102,118)(H,103,122)(H,104,130)(H,105,125)(H,106,128)(H,107,131)(H,108,132)(H,109,129)(H,110,133)(H,111,134)(H,112,126)(H,120,121)(H4,91,92,95)/t48-,49-,60-,61-,62-,63-,64-,65-,66-,67-,68-,69-,70-,75-/m0/s1. The lowest BCUT2D eigenvalue weighted by Crippen LogP contribution is -2.62. The van der Waals surface area contributed by atoms with Crippen LogP contribution in [0.4, 0.5) is 0 Å². The largest absolute Gasteiger partial charge is 0.508 e. The number of hydrogen-bond donors (Lipinski definition) is 26. The molecular formula is C89H121N23O22S. The first kappa shape index (κ1) is 107. The number of phenols is 4. The normalized spacial score (nSPS) is 22.6. The van der Waals surface area contributed by atoms with Crippen LogP contribution in [0, 0.1) is 23.2 Å². The topological polar surface area (TPSA) is 717 Å². The van der Waals surface area contributed by atoms with Crippen LogP contribution in [0.2, 0.25) is 0 Å². The van der Waals surface area contributed by atoms with Crippen LogP contribution in [0.1, 0.15) is 127 Å². The smallest absolute Gasteiger partial charge is 0.303 e. The third-order valence-electron chi connectivity index (χ3n) is 21.4. The van der Waals surface area contributed by atoms with Crippen LogP contribution >= 0.6 is 11.8 Å². The van der Waals surface area contributed by atoms with E-state index in [1.54, 1.807) is 41.5 Å². The monoisotopic (exact) mass is 1900 g/mol. The van der Waals surface area contributed by atoms with E-state index >= 15 is 33.6 Å². The van der Waals surface area contributed by atoms with E-state index in [0.29, 0.717) is 22.3 Å². The molecule has 1 saturated heterocycles. The average Bonchev–Trinajstić information content (AvgIpc) is 1.16. The van der Waals surface area contributed by atoms with Crippen molar-refractivity contribution >= 4 is 118 Å². The number of imidazole rings is 2. The summed E-state index contributed by atoms with van der Waals surface area (Å²) in [5.74, 6) is -21.3. The van der Waals surface area contributed by atoms with Gasteiger partial charge in [-0.25, -0.2) is 9.97 Å². The fourth-order valence-corrected chi connectivity index (χ4v) is 14.9. The third kappa shape index (κ3) is 37.4. The molecule has 7 rings (SSSR count). The number of guanidine groups is 1. The van der Waals surface area contributed by atoms with Crippen molar-refractivity contribution in [2.75, 3.05) is 31.1 Å². The van der Waals surface area contributed by atoms with Gasteiger partial charge in [-0.1, -0.05) is 96.5 Å². The number of aromatic nitrogens is 4. The molecule has 28 N–H and O–H groups in total. The van der Waals surface area contributed by atoms with Crippen LogP contribution in [-0.4, -0.2) is 262 Å². The Labute approximate surface area is 781 Å². The summed E-state index contributed by atoms with van der Waals surface area (Å²) in [7, 11) is 0. The van der Waals surface area contributed by atoms with Gasteiger partial charge < -0.3 is 132 Å². The quantitative estimate of drug-likeness (QED) is 0.0130. The Balaban J connectivity index is 1.32. The molecule has 46 heteroatoms. The van der Waals surface area contributed by atoms with Crippen LogP contribution in [0.5, 0.6) is 23.0 Å². The number of primary amides is 1. The molecule has 1 fully saturated rings. The first-order valence-electron chi connectivity index (χ1n) is 43.8. The van der Waals surface area contributed by atoms with Gasteiger partial charge in [-0.3, -0.25) is 86.9 Å². The molecule has 0 aliphatic carbocycles. The molecule has 0 unspecified atom stereocenters. The Morgan fingerprint density at radius 2 is 0.807 bits per heavy atom. The first-order chi connectivity index (χ1) is 64.1. The number of phenolic OH excluding ortho intramolecular Hbond substituents is 4. The number of aromatic hydroxyl groups is 4. The third-order valence-corrected chi connectivity index (χ3v) is 22.4. The SMILES string of the molecule is CC[C@H](C)[C@@H]1NC(=O)[C@H](CCCNC(=N)N)NC(=O)[C@H](Cc2ccc(O)cc2)NC(=O)[C@H](Cc2ccc(O)cc2)NC(=O)[C@H](Cc2c[nH]cn2)NC(=O)[C@H](Cc2c[nH]cn2)NC(=O)[C@H](Cc2ccc(O)cc2)NC(=O)CSC[C@@H](C(=O)NCC(N)=O)NC(=O)CNC(=O)[C@H](CC(C)C)NC(=O)[C@H](CCC(=O)O)NC(=O)[C@H](C)NC(=O)[C@H](Cc2ccc(O)cc2)NC(=O)[C@H](CC(C)C)NC1=O. The fourth-order valence-electron chi connectivity index (χ4n) is 14.0. The highest BCUT2D eigenvalue weighted by Gasteiger charge is 2.40. The number of carboxylic acid groups (broad SMARTS) is 1. The number of carbonyl (C=O) groups excluding carboxylic acids is 16. The molecule has 0 spiro atoms. The number of aliphatic carboxylic acids is 1. The maximum Gasteiger partial charge on any atom is 0.303 e. The van der Waals surface area contributed by atoms with E-state index in [-0.39, 0.29) is 104 Å². The highest BCUT2D eigenvalue weighted by Crippen LogP contribution is 2.21. The molecule has 4 aromatic carbocycles. The number of nitrogens with two attached hydrogens (primary N) is 2. The molecule has 1 aliphatic heterocycles. The van der Waals surface area contributed by atoms with Gasteiger partial charge in [0.1, 0.15) is 102 Å². The molecule has 6 aromatic rings. The Morgan fingerprint density at radius 1 is 0.444 bits per heavy atom. The van der Waals surface area contributed by atoms with Crippen molar-refractivity contribution in [1.29, 1.82) is 5.41 Å². The van der Waals surface area contributed by atoms with E-state index < -0.39 is 248 Å². The molecule has 16 amide bonds. The van der Waals surface area contributed by atoms with Gasteiger partial charge in [0.25, 0.3) is 0 Å². The van der Waals surface area contributed by atoms with Crippen LogP contribution in [0.25, 0.3) is 0 Å². The second-order valence-electron chi connectivity index (χ2n) is 33.5. The molecular weight excluding hydrogens is 1780 g/mol. The molecule has 0 bridgehead atoms. The number of rotatable bonds is 28. The summed E-state index contributed by atoms with van der Waals surface area (Å²) in [6.45, 7) is 9.64. The second kappa shape index (κ2) is 53.6. The molecule has 0 saturated carbocycles. The molecule has 1 aliphatic rings. The van der Waals surface area contributed by atoms with Crippen LogP contribution < -0.4 is 96.5 Å². The highest BCUT2D eigenvalue weighted by atomic mass is 32.2. The van der Waals surface area contributed by atoms with Crippen LogP contribution in [0.3, 0.4) is 0 Å². The lowest BCUT2D eigenvalue weighted by molar-refractivity contribution is -0.138. The van der Waals surface area contributed by atoms with Crippen molar-refractivity contribution in [3.8, 4) is 23.0 Å². The maximum atomic E-state index is 15.5. The zero-order chi connectivity index (χ0) is 99.1. The summed E-state index contributed by atoms with van der Waals surface area (Å²) in [6.07, 6.45) is 1.49. The minimum absolute atomic E-state index is 0.00112. The van der Waals surface area contributed by atoms with Gasteiger partial charge in [0.05, 0.1) is 42.9 Å². The van der Waals surface area contributed by atoms with Crippen molar-refractivity contribution in [3.63, 3.8) is 0 Å². The molecule has 3 heterocycles. The summed E-state index contributed by atoms with van der Waals surface area (Å²) < 4.78 is 0. The molecule has 730 valence electrons. The second-order valence-corrected chi connectivity index (χ2v) is 34.5. The van der Waals surface area contributed by atoms with Crippen molar-refractivity contribution < 1.29 is 107 Å². The van der Waals surface area contributed by atoms with Crippen molar-refractivity contribution in [1.82, 2.24) is 105 Å². The Hall–Kier alpha value is -14.9. The summed E-state index contributed by atoms with van der Waals surface area (Å²) in [4.78, 5) is 259. The van der Waals surface area contributed by atoms with Gasteiger partial charge in [-0.2, -0.15) is 0 Å². The number of aromatic amines is 2. The van der Waals surface area contributed by atoms with E-state index in [4.69, 9.17) is 16.9 Å². The van der Waals surface area contributed by atoms with Gasteiger partial charge in [0, 0.05) is 69.6 Å². The molecule has 14 atom stereocenters. The minimum Gasteiger partial charge on any atom is -0.508 e. The average molecular weight is 1900 g/mol. The van der Waals surface area contributed by atoms with Gasteiger partial charge >= 0.3 is 5.97 Å². The molecule has 135 heavy (non-hydrogen) atoms. The number of amides is 16. The number of thioether (sulfide) groups is 1. The van der Waals surface area contributed by atoms with Gasteiger partial charge in [0.2, 0.25) is 94.5 Å². The summed E-state index contributed by atoms with van der Waals surface area (Å²) in [6, 6.07) is 0.809. The number of nitrogens with one attached hydrogen (secondary N) is 19. The fraction of sp³-hybridized carbons (Fsp3) is 0.461. The predicted molar refractivity (Wildman–Crippen MR) is 490 cm³/mol. The zero-order valence-corrected chi connectivity index (χ0v) is 76.5. The maximum absolute atomic E-state index is 15.5. The Morgan fingerprint density at radius 3 is 1.21 bits per heavy atom. The highest BCUT2D eigenvalue weighted by molar-refractivity contribution is 8.00. The van der Waals surface area contributed by atoms with E-state index in [0.717, 1.165) is 11.8 Å². The predicted octanol–water partition coefficient (Wildman–Crippen LogP) is -3.24.